The van der Waals surface area contributed by atoms with Gasteiger partial charge in [0, 0.05) is 5.69 Å². The Morgan fingerprint density at radius 1 is 1.64 bits per heavy atom. The van der Waals surface area contributed by atoms with Gasteiger partial charge in [-0.05, 0) is 24.6 Å². The molecule has 1 heterocycles. The van der Waals surface area contributed by atoms with Gasteiger partial charge in [0.2, 0.25) is 0 Å². The number of hydrogen-bond acceptors (Lipinski definition) is 2. The molecule has 0 unspecified atom stereocenters. The first kappa shape index (κ1) is 10.3. The number of rotatable bonds is 3. The zero-order chi connectivity index (χ0) is 10.6. The van der Waals surface area contributed by atoms with E-state index >= 15 is 0 Å². The molecule has 0 aliphatic carbocycles. The second kappa shape index (κ2) is 4.46. The number of aromatic amines is 1. The molecular weight excluding hydrogens is 178 g/mol. The molecule has 1 aromatic heterocycles. The fraction of sp³-hybridized carbons (Fsp3) is 0.182. The molecule has 0 bridgehead atoms. The Hall–Kier alpha value is -1.77. The average Bonchev–Trinajstić information content (AvgIpc) is 2.60. The zero-order valence-corrected chi connectivity index (χ0v) is 8.33. The first-order valence-corrected chi connectivity index (χ1v) is 4.29. The van der Waals surface area contributed by atoms with Gasteiger partial charge in [-0.15, -0.1) is 0 Å². The van der Waals surface area contributed by atoms with Crippen LogP contribution < -0.4 is 0 Å². The monoisotopic (exact) mass is 191 g/mol. The van der Waals surface area contributed by atoms with Gasteiger partial charge in [-0.2, -0.15) is 0 Å². The van der Waals surface area contributed by atoms with Gasteiger partial charge in [-0.25, -0.2) is 4.79 Å². The van der Waals surface area contributed by atoms with E-state index in [1.807, 2.05) is 19.1 Å². The largest absolute Gasteiger partial charge is 0.464 e. The lowest BCUT2D eigenvalue weighted by Crippen LogP contribution is -2.00. The highest BCUT2D eigenvalue weighted by Crippen LogP contribution is 2.14. The highest BCUT2D eigenvalue weighted by Gasteiger charge is 2.10. The SMILES string of the molecule is C=Cc1[nH]c(C(=O)OC)cc1/C=C\C. The van der Waals surface area contributed by atoms with Crippen LogP contribution in [-0.4, -0.2) is 18.1 Å². The van der Waals surface area contributed by atoms with E-state index in [1.165, 1.54) is 7.11 Å². The second-order valence-corrected chi connectivity index (χ2v) is 2.75. The quantitative estimate of drug-likeness (QED) is 0.746. The van der Waals surface area contributed by atoms with E-state index in [0.29, 0.717) is 5.69 Å². The first-order chi connectivity index (χ1) is 6.72. The van der Waals surface area contributed by atoms with Crippen molar-refractivity contribution in [2.24, 2.45) is 0 Å². The maximum atomic E-state index is 11.2. The van der Waals surface area contributed by atoms with E-state index in [1.54, 1.807) is 12.1 Å². The molecule has 1 N–H and O–H groups in total. The third-order valence-corrected chi connectivity index (χ3v) is 1.84. The van der Waals surface area contributed by atoms with Gasteiger partial charge < -0.3 is 9.72 Å². The van der Waals surface area contributed by atoms with Crippen molar-refractivity contribution in [1.29, 1.82) is 0 Å². The third-order valence-electron chi connectivity index (χ3n) is 1.84. The number of carbonyl (C=O) groups excluding carboxylic acids is 1. The summed E-state index contributed by atoms with van der Waals surface area (Å²) < 4.78 is 4.60. The van der Waals surface area contributed by atoms with Crippen molar-refractivity contribution < 1.29 is 9.53 Å². The third kappa shape index (κ3) is 1.93. The van der Waals surface area contributed by atoms with Crippen LogP contribution in [0.25, 0.3) is 12.2 Å². The molecule has 74 valence electrons. The maximum absolute atomic E-state index is 11.2. The summed E-state index contributed by atoms with van der Waals surface area (Å²) in [6.07, 6.45) is 5.47. The lowest BCUT2D eigenvalue weighted by molar-refractivity contribution is 0.0595. The molecule has 0 atom stereocenters. The molecule has 0 saturated heterocycles. The smallest absolute Gasteiger partial charge is 0.354 e. The van der Waals surface area contributed by atoms with E-state index in [-0.39, 0.29) is 5.97 Å². The summed E-state index contributed by atoms with van der Waals surface area (Å²) in [4.78, 5) is 14.1. The normalized spacial score (nSPS) is 10.4. The Kier molecular flexibility index (Phi) is 3.29. The van der Waals surface area contributed by atoms with Crippen LogP contribution in [0.4, 0.5) is 0 Å². The van der Waals surface area contributed by atoms with E-state index in [0.717, 1.165) is 11.3 Å². The van der Waals surface area contributed by atoms with Gasteiger partial charge in [-0.1, -0.05) is 18.7 Å². The Morgan fingerprint density at radius 2 is 2.36 bits per heavy atom. The molecule has 1 rings (SSSR count). The summed E-state index contributed by atoms with van der Waals surface area (Å²) in [5.74, 6) is -0.371. The Labute approximate surface area is 83.1 Å². The summed E-state index contributed by atoms with van der Waals surface area (Å²) in [6, 6.07) is 1.74. The molecule has 0 radical (unpaired) electrons. The number of esters is 1. The van der Waals surface area contributed by atoms with Crippen molar-refractivity contribution in [2.75, 3.05) is 7.11 Å². The molecule has 0 amide bonds. The Bertz CT molecular complexity index is 375. The molecule has 1 aromatic rings. The number of carbonyl (C=O) groups is 1. The predicted molar refractivity (Wildman–Crippen MR) is 56.9 cm³/mol. The lowest BCUT2D eigenvalue weighted by Gasteiger charge is -1.92. The number of methoxy groups -OCH3 is 1. The van der Waals surface area contributed by atoms with Crippen LogP contribution in [0.2, 0.25) is 0 Å². The van der Waals surface area contributed by atoms with Gasteiger partial charge in [-0.3, -0.25) is 0 Å². The fourth-order valence-corrected chi connectivity index (χ4v) is 1.19. The van der Waals surface area contributed by atoms with E-state index < -0.39 is 0 Å². The number of H-pyrrole nitrogens is 1. The van der Waals surface area contributed by atoms with Gasteiger partial charge in [0.1, 0.15) is 5.69 Å². The average molecular weight is 191 g/mol. The standard InChI is InChI=1S/C11H13NO2/c1-4-6-8-7-10(11(13)14-3)12-9(8)5-2/h4-7,12H,2H2,1,3H3/b6-4-. The molecule has 0 aromatic carbocycles. The molecule has 0 fully saturated rings. The summed E-state index contributed by atoms with van der Waals surface area (Å²) in [7, 11) is 1.35. The molecular formula is C11H13NO2. The molecule has 3 heteroatoms. The topological polar surface area (TPSA) is 42.1 Å². The van der Waals surface area contributed by atoms with Crippen LogP contribution in [0.3, 0.4) is 0 Å². The Balaban J connectivity index is 3.12. The molecule has 0 saturated carbocycles. The van der Waals surface area contributed by atoms with Crippen LogP contribution in [0.1, 0.15) is 28.7 Å². The minimum Gasteiger partial charge on any atom is -0.464 e. The molecule has 0 aliphatic rings. The van der Waals surface area contributed by atoms with Crippen LogP contribution in [0.5, 0.6) is 0 Å². The Morgan fingerprint density at radius 3 is 2.86 bits per heavy atom. The summed E-state index contributed by atoms with van der Waals surface area (Å²) in [5.41, 5.74) is 2.20. The van der Waals surface area contributed by atoms with Crippen molar-refractivity contribution in [2.45, 2.75) is 6.92 Å². The lowest BCUT2D eigenvalue weighted by atomic mass is 10.2. The fourth-order valence-electron chi connectivity index (χ4n) is 1.19. The van der Waals surface area contributed by atoms with Gasteiger partial charge in [0.05, 0.1) is 7.11 Å². The predicted octanol–water partition coefficient (Wildman–Crippen LogP) is 2.48. The van der Waals surface area contributed by atoms with E-state index in [2.05, 4.69) is 16.3 Å². The molecule has 0 aliphatic heterocycles. The van der Waals surface area contributed by atoms with Crippen LogP contribution in [0.15, 0.2) is 18.7 Å². The number of aromatic nitrogens is 1. The minimum absolute atomic E-state index is 0.371. The number of ether oxygens (including phenoxy) is 1. The molecule has 0 spiro atoms. The van der Waals surface area contributed by atoms with Gasteiger partial charge in [0.15, 0.2) is 0 Å². The van der Waals surface area contributed by atoms with Crippen molar-refractivity contribution in [1.82, 2.24) is 4.98 Å². The van der Waals surface area contributed by atoms with Crippen molar-refractivity contribution >= 4 is 18.1 Å². The number of hydrogen-bond donors (Lipinski definition) is 1. The van der Waals surface area contributed by atoms with Gasteiger partial charge >= 0.3 is 5.97 Å². The number of allylic oxidation sites excluding steroid dienone is 1. The van der Waals surface area contributed by atoms with E-state index in [4.69, 9.17) is 0 Å². The molecule has 14 heavy (non-hydrogen) atoms. The van der Waals surface area contributed by atoms with E-state index in [9.17, 15) is 4.79 Å². The van der Waals surface area contributed by atoms with Crippen LogP contribution >= 0.6 is 0 Å². The summed E-state index contributed by atoms with van der Waals surface area (Å²) in [6.45, 7) is 5.57. The zero-order valence-electron chi connectivity index (χ0n) is 8.33. The number of nitrogens with one attached hydrogen (secondary N) is 1. The van der Waals surface area contributed by atoms with Gasteiger partial charge in [0.25, 0.3) is 0 Å². The van der Waals surface area contributed by atoms with Crippen molar-refractivity contribution in [3.05, 3.63) is 35.7 Å². The summed E-state index contributed by atoms with van der Waals surface area (Å²) in [5, 5.41) is 0. The minimum atomic E-state index is -0.371. The highest BCUT2D eigenvalue weighted by molar-refractivity contribution is 5.89. The van der Waals surface area contributed by atoms with Crippen molar-refractivity contribution in [3.8, 4) is 0 Å². The molecule has 3 nitrogen and oxygen atoms in total. The summed E-state index contributed by atoms with van der Waals surface area (Å²) >= 11 is 0. The maximum Gasteiger partial charge on any atom is 0.354 e. The second-order valence-electron chi connectivity index (χ2n) is 2.75. The van der Waals surface area contributed by atoms with Crippen LogP contribution in [0, 0.1) is 0 Å². The van der Waals surface area contributed by atoms with Crippen LogP contribution in [-0.2, 0) is 4.74 Å². The highest BCUT2D eigenvalue weighted by atomic mass is 16.5. The first-order valence-electron chi connectivity index (χ1n) is 4.29. The van der Waals surface area contributed by atoms with Crippen molar-refractivity contribution in [3.63, 3.8) is 0 Å².